The maximum atomic E-state index is 14.9. The molecule has 2 N–H and O–H groups in total. The quantitative estimate of drug-likeness (QED) is 0.175. The van der Waals surface area contributed by atoms with Gasteiger partial charge in [0.25, 0.3) is 0 Å². The number of benzene rings is 4. The largest absolute Gasteiger partial charge is 0.383 e. The second-order valence-corrected chi connectivity index (χ2v) is 18.6. The van der Waals surface area contributed by atoms with Crippen LogP contribution in [0.2, 0.25) is 0 Å². The van der Waals surface area contributed by atoms with Crippen LogP contribution in [0.25, 0.3) is 0 Å². The minimum Gasteiger partial charge on any atom is -0.370 e. The van der Waals surface area contributed by atoms with Crippen molar-refractivity contribution < 1.29 is 22.0 Å². The predicted octanol–water partition coefficient (Wildman–Crippen LogP) is 6.49. The lowest BCUT2D eigenvalue weighted by Gasteiger charge is -2.55. The lowest BCUT2D eigenvalue weighted by molar-refractivity contribution is -0.121. The third-order valence-corrected chi connectivity index (χ3v) is 14.9. The highest BCUT2D eigenvalue weighted by Gasteiger charge is 2.51. The number of amides is 1. The fraction of sp³-hybridized carbons (Fsp3) is 0.375. The molecular formula is C40H47N2O5PS. The van der Waals surface area contributed by atoms with Crippen LogP contribution in [-0.4, -0.2) is 27.4 Å². The van der Waals surface area contributed by atoms with Crippen molar-refractivity contribution in [1.82, 2.24) is 10.0 Å². The van der Waals surface area contributed by atoms with Crippen LogP contribution in [0.1, 0.15) is 76.0 Å². The first kappa shape index (κ1) is 35.1. The van der Waals surface area contributed by atoms with Crippen LogP contribution in [0.5, 0.6) is 5.75 Å². The van der Waals surface area contributed by atoms with E-state index < -0.39 is 29.9 Å². The topological polar surface area (TPSA) is 102 Å². The number of carbonyl (C=O) groups is 1. The molecule has 1 fully saturated rings. The van der Waals surface area contributed by atoms with Gasteiger partial charge in [-0.15, -0.1) is 0 Å². The molecule has 0 aliphatic heterocycles. The summed E-state index contributed by atoms with van der Waals surface area (Å²) in [5, 5.41) is 4.40. The molecule has 0 saturated heterocycles. The van der Waals surface area contributed by atoms with Gasteiger partial charge in [-0.25, -0.2) is 0 Å². The van der Waals surface area contributed by atoms with Crippen LogP contribution in [0, 0.1) is 11.3 Å². The van der Waals surface area contributed by atoms with Crippen molar-refractivity contribution in [3.05, 3.63) is 120 Å². The van der Waals surface area contributed by atoms with E-state index in [2.05, 4.69) is 55.9 Å². The van der Waals surface area contributed by atoms with Crippen molar-refractivity contribution in [2.75, 3.05) is 13.1 Å². The number of para-hydroxylation sites is 1. The Labute approximate surface area is 291 Å². The predicted molar refractivity (Wildman–Crippen MR) is 198 cm³/mol. The first-order valence-electron chi connectivity index (χ1n) is 17.3. The van der Waals surface area contributed by atoms with Gasteiger partial charge in [0.2, 0.25) is 5.91 Å². The average Bonchev–Trinajstić information content (AvgIpc) is 3.10. The molecule has 7 nitrogen and oxygen atoms in total. The lowest BCUT2D eigenvalue weighted by Crippen LogP contribution is -2.53. The number of hydrogen-bond donors (Lipinski definition) is 2. The maximum Gasteiger partial charge on any atom is 0.383 e. The van der Waals surface area contributed by atoms with Crippen molar-refractivity contribution in [2.45, 2.75) is 71.1 Å². The Hall–Kier alpha value is -3.71. The number of carbonyl (C=O) groups excluding carboxylic acids is 1. The Balaban J connectivity index is 1.14. The molecule has 0 spiro atoms. The van der Waals surface area contributed by atoms with Crippen LogP contribution in [0.4, 0.5) is 0 Å². The molecule has 0 heterocycles. The molecule has 49 heavy (non-hydrogen) atoms. The van der Waals surface area contributed by atoms with Gasteiger partial charge in [-0.1, -0.05) is 125 Å². The van der Waals surface area contributed by atoms with E-state index in [1.54, 1.807) is 66.7 Å². The summed E-state index contributed by atoms with van der Waals surface area (Å²) in [5.41, 5.74) is 4.19. The SMILES string of the molecule is CC(C)c1ccc2c(c1)CC[C@H]1[C@](C)(CNC(=O)CNS(=O)(=O)Oc3ccccc3P(=O)(c3ccccc3)c3ccccc3)CCC[C@]21C. The lowest BCUT2D eigenvalue weighted by atomic mass is 9.49. The maximum absolute atomic E-state index is 14.9. The van der Waals surface area contributed by atoms with E-state index in [0.29, 0.717) is 29.0 Å². The number of nitrogens with one attached hydrogen (secondary N) is 2. The third-order valence-electron chi connectivity index (χ3n) is 10.9. The molecule has 3 atom stereocenters. The smallest absolute Gasteiger partial charge is 0.370 e. The number of hydrogen-bond acceptors (Lipinski definition) is 5. The highest BCUT2D eigenvalue weighted by Crippen LogP contribution is 2.57. The standard InChI is InChI=1S/C40H47N2O5PS/c1-29(2)30-20-22-34-31(26-30)21-23-37-39(3,24-13-25-40(34,37)4)28-41-38(43)27-42-49(45,46)47-35-18-11-12-19-36(35)48(44,32-14-7-5-8-15-32)33-16-9-6-10-17-33/h5-12,14-20,22,26,29,37,42H,13,21,23-25,27-28H2,1-4H3,(H,41,43)/t37-,39-,40+/m0/s1. The first-order chi connectivity index (χ1) is 23.4. The monoisotopic (exact) mass is 698 g/mol. The Morgan fingerprint density at radius 1 is 0.898 bits per heavy atom. The zero-order valence-corrected chi connectivity index (χ0v) is 30.5. The highest BCUT2D eigenvalue weighted by atomic mass is 32.2. The minimum absolute atomic E-state index is 0.0303. The van der Waals surface area contributed by atoms with E-state index in [1.165, 1.54) is 22.8 Å². The molecule has 0 radical (unpaired) electrons. The molecule has 1 saturated carbocycles. The summed E-state index contributed by atoms with van der Waals surface area (Å²) in [6, 6.07) is 31.4. The summed E-state index contributed by atoms with van der Waals surface area (Å²) in [6.45, 7) is 9.12. The average molecular weight is 699 g/mol. The second kappa shape index (κ2) is 13.9. The molecule has 258 valence electrons. The Kier molecular flexibility index (Phi) is 9.96. The van der Waals surface area contributed by atoms with Gasteiger partial charge in [-0.05, 0) is 77.2 Å². The van der Waals surface area contributed by atoms with Crippen molar-refractivity contribution in [2.24, 2.45) is 11.3 Å². The van der Waals surface area contributed by atoms with Crippen LogP contribution >= 0.6 is 7.14 Å². The molecular weight excluding hydrogens is 651 g/mol. The summed E-state index contributed by atoms with van der Waals surface area (Å²) in [4.78, 5) is 13.1. The summed E-state index contributed by atoms with van der Waals surface area (Å²) in [6.07, 6.45) is 5.28. The molecule has 0 unspecified atom stereocenters. The Bertz CT molecular complexity index is 1920. The van der Waals surface area contributed by atoms with E-state index >= 15 is 0 Å². The molecule has 6 rings (SSSR count). The summed E-state index contributed by atoms with van der Waals surface area (Å²) in [5.74, 6) is 0.406. The molecule has 2 aliphatic rings. The van der Waals surface area contributed by atoms with E-state index in [0.717, 1.165) is 32.1 Å². The molecule has 0 aromatic heterocycles. The number of rotatable bonds is 11. The van der Waals surface area contributed by atoms with Gasteiger partial charge in [0, 0.05) is 17.2 Å². The van der Waals surface area contributed by atoms with Crippen LogP contribution < -0.4 is 30.1 Å². The Morgan fingerprint density at radius 2 is 1.53 bits per heavy atom. The van der Waals surface area contributed by atoms with Gasteiger partial charge >= 0.3 is 10.3 Å². The molecule has 0 bridgehead atoms. The van der Waals surface area contributed by atoms with Gasteiger partial charge in [-0.3, -0.25) is 4.79 Å². The number of fused-ring (bicyclic) bond motifs is 3. The van der Waals surface area contributed by atoms with E-state index in [-0.39, 0.29) is 21.9 Å². The van der Waals surface area contributed by atoms with Crippen molar-refractivity contribution in [1.29, 1.82) is 0 Å². The molecule has 1 amide bonds. The summed E-state index contributed by atoms with van der Waals surface area (Å²) < 4.78 is 49.2. The van der Waals surface area contributed by atoms with E-state index in [9.17, 15) is 17.8 Å². The van der Waals surface area contributed by atoms with Crippen molar-refractivity contribution in [3.8, 4) is 5.75 Å². The van der Waals surface area contributed by atoms with E-state index in [4.69, 9.17) is 4.18 Å². The zero-order valence-electron chi connectivity index (χ0n) is 28.8. The van der Waals surface area contributed by atoms with Gasteiger partial charge in [0.05, 0.1) is 11.8 Å². The minimum atomic E-state index is -4.44. The van der Waals surface area contributed by atoms with Crippen molar-refractivity contribution in [3.63, 3.8) is 0 Å². The highest BCUT2D eigenvalue weighted by molar-refractivity contribution is 7.86. The third kappa shape index (κ3) is 7.01. The molecule has 2 aliphatic carbocycles. The van der Waals surface area contributed by atoms with Crippen molar-refractivity contribution >= 4 is 39.3 Å². The van der Waals surface area contributed by atoms with E-state index in [1.807, 2.05) is 12.1 Å². The van der Waals surface area contributed by atoms with Gasteiger partial charge in [0.15, 0.2) is 12.9 Å². The Morgan fingerprint density at radius 3 is 2.18 bits per heavy atom. The fourth-order valence-corrected chi connectivity index (χ4v) is 11.9. The summed E-state index contributed by atoms with van der Waals surface area (Å²) in [7, 11) is -7.95. The second-order valence-electron chi connectivity index (χ2n) is 14.5. The zero-order chi connectivity index (χ0) is 34.9. The van der Waals surface area contributed by atoms with Gasteiger partial charge < -0.3 is 14.1 Å². The molecule has 4 aromatic rings. The van der Waals surface area contributed by atoms with Crippen LogP contribution in [0.3, 0.4) is 0 Å². The number of aryl methyl sites for hydroxylation is 1. The van der Waals surface area contributed by atoms with Gasteiger partial charge in [0.1, 0.15) is 0 Å². The van der Waals surface area contributed by atoms with Crippen LogP contribution in [-0.2, 0) is 31.5 Å². The van der Waals surface area contributed by atoms with Crippen LogP contribution in [0.15, 0.2) is 103 Å². The van der Waals surface area contributed by atoms with Gasteiger partial charge in [-0.2, -0.15) is 13.1 Å². The fourth-order valence-electron chi connectivity index (χ4n) is 8.37. The summed E-state index contributed by atoms with van der Waals surface area (Å²) >= 11 is 0. The normalized spacial score (nSPS) is 22.2. The first-order valence-corrected chi connectivity index (χ1v) is 20.4. The molecule has 9 heteroatoms. The molecule has 4 aromatic carbocycles.